The van der Waals surface area contributed by atoms with Gasteiger partial charge in [0.15, 0.2) is 0 Å². The highest BCUT2D eigenvalue weighted by Crippen LogP contribution is 2.30. The van der Waals surface area contributed by atoms with Crippen LogP contribution in [0, 0.1) is 21.4 Å². The molecule has 0 aliphatic heterocycles. The number of fused-ring (bicyclic) bond motifs is 1. The summed E-state index contributed by atoms with van der Waals surface area (Å²) in [7, 11) is 0. The van der Waals surface area contributed by atoms with Crippen molar-refractivity contribution in [3.05, 3.63) is 115 Å². The fourth-order valence-corrected chi connectivity index (χ4v) is 4.25. The van der Waals surface area contributed by atoms with Crippen molar-refractivity contribution in [3.8, 4) is 11.8 Å². The van der Waals surface area contributed by atoms with E-state index in [4.69, 9.17) is 16.3 Å². The van der Waals surface area contributed by atoms with Crippen LogP contribution in [0.5, 0.6) is 5.75 Å². The van der Waals surface area contributed by atoms with Gasteiger partial charge in [-0.15, -0.1) is 0 Å². The van der Waals surface area contributed by atoms with Gasteiger partial charge in [0.1, 0.15) is 24.0 Å². The lowest BCUT2D eigenvalue weighted by Gasteiger charge is -2.11. The normalized spacial score (nSPS) is 11.1. The third kappa shape index (κ3) is 5.71. The molecule has 0 unspecified atom stereocenters. The molecular formula is C27H17BrClN3O4. The Morgan fingerprint density at radius 2 is 1.89 bits per heavy atom. The van der Waals surface area contributed by atoms with E-state index in [0.717, 1.165) is 22.4 Å². The number of ether oxygens (including phenoxy) is 1. The predicted molar refractivity (Wildman–Crippen MR) is 143 cm³/mol. The predicted octanol–water partition coefficient (Wildman–Crippen LogP) is 7.29. The van der Waals surface area contributed by atoms with Crippen LogP contribution in [0.15, 0.2) is 88.9 Å². The number of non-ortho nitro benzene ring substituents is 1. The Kier molecular flexibility index (Phi) is 7.64. The molecule has 0 saturated carbocycles. The monoisotopic (exact) mass is 561 g/mol. The van der Waals surface area contributed by atoms with Crippen LogP contribution in [0.3, 0.4) is 0 Å². The van der Waals surface area contributed by atoms with Crippen molar-refractivity contribution in [2.24, 2.45) is 0 Å². The number of carbonyl (C=O) groups is 1. The summed E-state index contributed by atoms with van der Waals surface area (Å²) in [6, 6.07) is 24.9. The quantitative estimate of drug-likeness (QED) is 0.110. The number of anilines is 1. The molecule has 4 aromatic carbocycles. The minimum Gasteiger partial charge on any atom is -0.488 e. The molecule has 0 aliphatic carbocycles. The largest absolute Gasteiger partial charge is 0.488 e. The first kappa shape index (κ1) is 24.9. The Bertz CT molecular complexity index is 1560. The average molecular weight is 563 g/mol. The molecule has 0 fully saturated rings. The van der Waals surface area contributed by atoms with Crippen LogP contribution in [0.4, 0.5) is 11.4 Å². The summed E-state index contributed by atoms with van der Waals surface area (Å²) in [5, 5.41) is 25.1. The number of benzene rings is 4. The minimum absolute atomic E-state index is 0.00900. The van der Waals surface area contributed by atoms with Crippen molar-refractivity contribution in [2.45, 2.75) is 6.61 Å². The lowest BCUT2D eigenvalue weighted by Crippen LogP contribution is -2.13. The third-order valence-electron chi connectivity index (χ3n) is 5.31. The SMILES string of the molecule is N#C/C(=C/c1ccc(OCc2cccc3ccccc23)c(Br)c1)C(=O)Nc1ccc([N+](=O)[O-])cc1Cl. The number of nitrogens with zero attached hydrogens (tertiary/aromatic N) is 2. The lowest BCUT2D eigenvalue weighted by atomic mass is 10.1. The summed E-state index contributed by atoms with van der Waals surface area (Å²) in [5.74, 6) is -0.0821. The van der Waals surface area contributed by atoms with E-state index < -0.39 is 10.8 Å². The maximum Gasteiger partial charge on any atom is 0.271 e. The molecule has 0 bridgehead atoms. The summed E-state index contributed by atoms with van der Waals surface area (Å²) in [5.41, 5.74) is 1.44. The standard InChI is InChI=1S/C27H17BrClN3O4/c28-23-13-17(8-11-26(23)36-16-19-6-3-5-18-4-1-2-7-22(18)19)12-20(15-30)27(33)31-25-10-9-21(32(34)35)14-24(25)29/h1-14H,16H2,(H,31,33)/b20-12-. The molecule has 0 radical (unpaired) electrons. The topological polar surface area (TPSA) is 105 Å². The number of nitrogens with one attached hydrogen (secondary N) is 1. The second-order valence-electron chi connectivity index (χ2n) is 7.66. The van der Waals surface area contributed by atoms with Gasteiger partial charge in [-0.2, -0.15) is 5.26 Å². The van der Waals surface area contributed by atoms with Crippen LogP contribution in [0.1, 0.15) is 11.1 Å². The van der Waals surface area contributed by atoms with E-state index in [-0.39, 0.29) is 22.0 Å². The van der Waals surface area contributed by atoms with Crippen molar-refractivity contribution < 1.29 is 14.5 Å². The van der Waals surface area contributed by atoms with Crippen LogP contribution in [-0.2, 0) is 11.4 Å². The maximum absolute atomic E-state index is 12.6. The van der Waals surface area contributed by atoms with Crippen molar-refractivity contribution in [2.75, 3.05) is 5.32 Å². The van der Waals surface area contributed by atoms with Crippen molar-refractivity contribution >= 4 is 61.7 Å². The van der Waals surface area contributed by atoms with Gasteiger partial charge >= 0.3 is 0 Å². The lowest BCUT2D eigenvalue weighted by molar-refractivity contribution is -0.384. The van der Waals surface area contributed by atoms with E-state index in [0.29, 0.717) is 22.4 Å². The van der Waals surface area contributed by atoms with Crippen LogP contribution in [0.2, 0.25) is 5.02 Å². The number of amides is 1. The number of rotatable bonds is 7. The Labute approximate surface area is 219 Å². The van der Waals surface area contributed by atoms with Crippen molar-refractivity contribution in [1.82, 2.24) is 0 Å². The Morgan fingerprint density at radius 1 is 1.11 bits per heavy atom. The fourth-order valence-electron chi connectivity index (χ4n) is 3.52. The Balaban J connectivity index is 1.48. The maximum atomic E-state index is 12.6. The van der Waals surface area contributed by atoms with Crippen LogP contribution >= 0.6 is 27.5 Å². The van der Waals surface area contributed by atoms with Gasteiger partial charge in [0, 0.05) is 12.1 Å². The summed E-state index contributed by atoms with van der Waals surface area (Å²) in [6.07, 6.45) is 1.42. The highest BCUT2D eigenvalue weighted by molar-refractivity contribution is 9.10. The van der Waals surface area contributed by atoms with E-state index in [9.17, 15) is 20.2 Å². The Morgan fingerprint density at radius 3 is 2.61 bits per heavy atom. The Hall–Kier alpha value is -4.19. The van der Waals surface area contributed by atoms with E-state index >= 15 is 0 Å². The molecule has 0 spiro atoms. The fraction of sp³-hybridized carbons (Fsp3) is 0.0370. The van der Waals surface area contributed by atoms with E-state index in [1.807, 2.05) is 42.5 Å². The van der Waals surface area contributed by atoms with Gasteiger partial charge in [-0.25, -0.2) is 0 Å². The van der Waals surface area contributed by atoms with Gasteiger partial charge < -0.3 is 10.1 Å². The highest BCUT2D eigenvalue weighted by Gasteiger charge is 2.15. The molecule has 0 aromatic heterocycles. The molecule has 4 aromatic rings. The average Bonchev–Trinajstić information content (AvgIpc) is 2.87. The number of nitriles is 1. The van der Waals surface area contributed by atoms with Crippen molar-refractivity contribution in [3.63, 3.8) is 0 Å². The molecule has 9 heteroatoms. The van der Waals surface area contributed by atoms with Gasteiger partial charge in [-0.1, -0.05) is 60.1 Å². The molecule has 0 saturated heterocycles. The minimum atomic E-state index is -0.694. The van der Waals surface area contributed by atoms with Gasteiger partial charge in [-0.3, -0.25) is 14.9 Å². The number of hydrogen-bond donors (Lipinski definition) is 1. The zero-order valence-electron chi connectivity index (χ0n) is 18.6. The zero-order valence-corrected chi connectivity index (χ0v) is 20.9. The van der Waals surface area contributed by atoms with Crippen LogP contribution < -0.4 is 10.1 Å². The van der Waals surface area contributed by atoms with E-state index in [1.54, 1.807) is 18.2 Å². The highest BCUT2D eigenvalue weighted by atomic mass is 79.9. The summed E-state index contributed by atoms with van der Waals surface area (Å²) in [6.45, 7) is 0.372. The second kappa shape index (κ2) is 11.0. The van der Waals surface area contributed by atoms with Crippen LogP contribution in [-0.4, -0.2) is 10.8 Å². The summed E-state index contributed by atoms with van der Waals surface area (Å²) in [4.78, 5) is 22.9. The van der Waals surface area contributed by atoms with Gasteiger partial charge in [0.25, 0.3) is 11.6 Å². The number of hydrogen-bond acceptors (Lipinski definition) is 5. The molecule has 1 amide bonds. The number of nitro benzene ring substituents is 1. The molecule has 7 nitrogen and oxygen atoms in total. The van der Waals surface area contributed by atoms with Crippen molar-refractivity contribution in [1.29, 1.82) is 5.26 Å². The summed E-state index contributed by atoms with van der Waals surface area (Å²) >= 11 is 9.52. The zero-order chi connectivity index (χ0) is 25.7. The first-order valence-electron chi connectivity index (χ1n) is 10.6. The third-order valence-corrected chi connectivity index (χ3v) is 6.24. The molecule has 0 heterocycles. The number of nitro groups is 1. The number of halogens is 2. The molecular weight excluding hydrogens is 546 g/mol. The first-order chi connectivity index (χ1) is 17.4. The molecule has 178 valence electrons. The number of carbonyl (C=O) groups excluding carboxylic acids is 1. The van der Waals surface area contributed by atoms with E-state index in [1.165, 1.54) is 18.2 Å². The second-order valence-corrected chi connectivity index (χ2v) is 8.92. The van der Waals surface area contributed by atoms with E-state index in [2.05, 4.69) is 27.3 Å². The summed E-state index contributed by atoms with van der Waals surface area (Å²) < 4.78 is 6.67. The van der Waals surface area contributed by atoms with Gasteiger partial charge in [0.05, 0.1) is 20.1 Å². The van der Waals surface area contributed by atoms with Crippen LogP contribution in [0.25, 0.3) is 16.8 Å². The molecule has 1 N–H and O–H groups in total. The van der Waals surface area contributed by atoms with Gasteiger partial charge in [0.2, 0.25) is 0 Å². The molecule has 36 heavy (non-hydrogen) atoms. The molecule has 0 aliphatic rings. The first-order valence-corrected chi connectivity index (χ1v) is 11.8. The molecule has 0 atom stereocenters. The van der Waals surface area contributed by atoms with Gasteiger partial charge in [-0.05, 0) is 62.1 Å². The molecule has 4 rings (SSSR count). The smallest absolute Gasteiger partial charge is 0.271 e.